The van der Waals surface area contributed by atoms with Crippen LogP contribution in [0.25, 0.3) is 0 Å². The van der Waals surface area contributed by atoms with Crippen LogP contribution in [0.5, 0.6) is 0 Å². The van der Waals surface area contributed by atoms with Gasteiger partial charge in [0.25, 0.3) is 0 Å². The van der Waals surface area contributed by atoms with Crippen LogP contribution in [0.3, 0.4) is 0 Å². The zero-order valence-electron chi connectivity index (χ0n) is 10.8. The molecule has 0 atom stereocenters. The van der Waals surface area contributed by atoms with E-state index in [1.807, 2.05) is 29.2 Å². The summed E-state index contributed by atoms with van der Waals surface area (Å²) in [5, 5.41) is 0.666. The molecule has 19 heavy (non-hydrogen) atoms. The zero-order chi connectivity index (χ0) is 13.7. The lowest BCUT2D eigenvalue weighted by Gasteiger charge is -2.30. The zero-order valence-corrected chi connectivity index (χ0v) is 11.6. The molecule has 1 amide bonds. The van der Waals surface area contributed by atoms with E-state index in [0.29, 0.717) is 11.6 Å². The fraction of sp³-hybridized carbons (Fsp3) is 0.500. The highest BCUT2D eigenvalue weighted by molar-refractivity contribution is 6.31. The van der Waals surface area contributed by atoms with Crippen LogP contribution < -0.4 is 5.73 Å². The molecule has 0 saturated carbocycles. The van der Waals surface area contributed by atoms with Gasteiger partial charge in [0.1, 0.15) is 6.61 Å². The number of carbonyl (C=O) groups is 1. The maximum atomic E-state index is 11.9. The summed E-state index contributed by atoms with van der Waals surface area (Å²) in [4.78, 5) is 13.7. The van der Waals surface area contributed by atoms with E-state index in [4.69, 9.17) is 22.1 Å². The fourth-order valence-electron chi connectivity index (χ4n) is 2.10. The van der Waals surface area contributed by atoms with Crippen LogP contribution in [0, 0.1) is 0 Å². The number of rotatable bonds is 4. The van der Waals surface area contributed by atoms with Crippen molar-refractivity contribution in [3.63, 3.8) is 0 Å². The summed E-state index contributed by atoms with van der Waals surface area (Å²) in [6.07, 6.45) is 1.74. The summed E-state index contributed by atoms with van der Waals surface area (Å²) in [7, 11) is 0. The van der Waals surface area contributed by atoms with Gasteiger partial charge in [-0.15, -0.1) is 0 Å². The third-order valence-corrected chi connectivity index (χ3v) is 3.70. The van der Waals surface area contributed by atoms with Gasteiger partial charge in [0.15, 0.2) is 0 Å². The fourth-order valence-corrected chi connectivity index (χ4v) is 2.29. The summed E-state index contributed by atoms with van der Waals surface area (Å²) in [6.45, 7) is 1.92. The Bertz CT molecular complexity index is 431. The molecular weight excluding hydrogens is 264 g/mol. The van der Waals surface area contributed by atoms with Gasteiger partial charge in [-0.1, -0.05) is 29.8 Å². The Labute approximate surface area is 118 Å². The van der Waals surface area contributed by atoms with Crippen molar-refractivity contribution >= 4 is 17.5 Å². The van der Waals surface area contributed by atoms with Gasteiger partial charge in [0.2, 0.25) is 5.91 Å². The molecule has 1 aromatic rings. The van der Waals surface area contributed by atoms with Crippen LogP contribution in [0.4, 0.5) is 0 Å². The van der Waals surface area contributed by atoms with E-state index in [1.165, 1.54) is 0 Å². The number of nitrogens with two attached hydrogens (primary N) is 1. The van der Waals surface area contributed by atoms with Crippen molar-refractivity contribution < 1.29 is 9.53 Å². The van der Waals surface area contributed by atoms with Gasteiger partial charge < -0.3 is 15.4 Å². The van der Waals surface area contributed by atoms with Gasteiger partial charge in [0.05, 0.1) is 6.61 Å². The second kappa shape index (κ2) is 6.89. The highest BCUT2D eigenvalue weighted by Gasteiger charge is 2.20. The lowest BCUT2D eigenvalue weighted by Crippen LogP contribution is -2.44. The van der Waals surface area contributed by atoms with E-state index in [1.54, 1.807) is 0 Å². The molecule has 1 heterocycles. The SMILES string of the molecule is NC1CCN(C(=O)COCc2ccccc2Cl)CC1. The van der Waals surface area contributed by atoms with Crippen molar-refractivity contribution in [3.8, 4) is 0 Å². The molecule has 1 aliphatic heterocycles. The van der Waals surface area contributed by atoms with Crippen LogP contribution >= 0.6 is 11.6 Å². The number of hydrogen-bond donors (Lipinski definition) is 1. The first-order valence-corrected chi connectivity index (χ1v) is 6.89. The molecule has 2 rings (SSSR count). The number of ether oxygens (including phenoxy) is 1. The Morgan fingerprint density at radius 2 is 2.05 bits per heavy atom. The number of halogens is 1. The van der Waals surface area contributed by atoms with Gasteiger partial charge in [0, 0.05) is 24.2 Å². The van der Waals surface area contributed by atoms with E-state index in [0.717, 1.165) is 31.5 Å². The van der Waals surface area contributed by atoms with Crippen molar-refractivity contribution in [2.45, 2.75) is 25.5 Å². The summed E-state index contributed by atoms with van der Waals surface area (Å²) >= 11 is 6.02. The molecule has 1 fully saturated rings. The minimum Gasteiger partial charge on any atom is -0.367 e. The molecule has 5 heteroatoms. The second-order valence-corrected chi connectivity index (χ2v) is 5.21. The molecule has 0 spiro atoms. The number of piperidine rings is 1. The molecule has 4 nitrogen and oxygen atoms in total. The monoisotopic (exact) mass is 282 g/mol. The molecule has 0 bridgehead atoms. The van der Waals surface area contributed by atoms with E-state index < -0.39 is 0 Å². The average molecular weight is 283 g/mol. The Hall–Kier alpha value is -1.10. The number of carbonyl (C=O) groups excluding carboxylic acids is 1. The molecule has 2 N–H and O–H groups in total. The van der Waals surface area contributed by atoms with E-state index >= 15 is 0 Å². The van der Waals surface area contributed by atoms with Gasteiger partial charge in [-0.3, -0.25) is 4.79 Å². The third-order valence-electron chi connectivity index (χ3n) is 3.33. The minimum atomic E-state index is 0.0268. The molecule has 1 aliphatic rings. The Morgan fingerprint density at radius 3 is 2.74 bits per heavy atom. The largest absolute Gasteiger partial charge is 0.367 e. The van der Waals surface area contributed by atoms with Crippen molar-refractivity contribution in [2.24, 2.45) is 5.73 Å². The van der Waals surface area contributed by atoms with Crippen LogP contribution in [0.15, 0.2) is 24.3 Å². The number of nitrogens with zero attached hydrogens (tertiary/aromatic N) is 1. The van der Waals surface area contributed by atoms with Crippen LogP contribution in [0.1, 0.15) is 18.4 Å². The first kappa shape index (κ1) is 14.3. The van der Waals surface area contributed by atoms with Crippen LogP contribution in [-0.2, 0) is 16.1 Å². The van der Waals surface area contributed by atoms with E-state index in [-0.39, 0.29) is 18.6 Å². The number of benzene rings is 1. The standard InChI is InChI=1S/C14H19ClN2O2/c15-13-4-2-1-3-11(13)9-19-10-14(18)17-7-5-12(16)6-8-17/h1-4,12H,5-10,16H2. The molecule has 1 saturated heterocycles. The number of likely N-dealkylation sites (tertiary alicyclic amines) is 1. The molecule has 1 aromatic carbocycles. The number of hydrogen-bond acceptors (Lipinski definition) is 3. The highest BCUT2D eigenvalue weighted by Crippen LogP contribution is 2.16. The summed E-state index contributed by atoms with van der Waals surface area (Å²) in [6, 6.07) is 7.71. The third kappa shape index (κ3) is 4.20. The van der Waals surface area contributed by atoms with Gasteiger partial charge in [-0.05, 0) is 24.5 Å². The molecule has 0 radical (unpaired) electrons. The lowest BCUT2D eigenvalue weighted by molar-refractivity contribution is -0.137. The van der Waals surface area contributed by atoms with Gasteiger partial charge >= 0.3 is 0 Å². The molecular formula is C14H19ClN2O2. The second-order valence-electron chi connectivity index (χ2n) is 4.80. The van der Waals surface area contributed by atoms with Crippen molar-refractivity contribution in [2.75, 3.05) is 19.7 Å². The predicted molar refractivity (Wildman–Crippen MR) is 74.9 cm³/mol. The topological polar surface area (TPSA) is 55.6 Å². The number of amides is 1. The molecule has 0 unspecified atom stereocenters. The minimum absolute atomic E-state index is 0.0268. The first-order valence-electron chi connectivity index (χ1n) is 6.51. The maximum absolute atomic E-state index is 11.9. The predicted octanol–water partition coefficient (Wildman–Crippen LogP) is 1.81. The summed E-state index contributed by atoms with van der Waals surface area (Å²) in [5.41, 5.74) is 6.71. The van der Waals surface area contributed by atoms with Crippen molar-refractivity contribution in [1.29, 1.82) is 0 Å². The van der Waals surface area contributed by atoms with Crippen molar-refractivity contribution in [1.82, 2.24) is 4.90 Å². The maximum Gasteiger partial charge on any atom is 0.248 e. The highest BCUT2D eigenvalue weighted by atomic mass is 35.5. The van der Waals surface area contributed by atoms with Crippen LogP contribution in [-0.4, -0.2) is 36.5 Å². The van der Waals surface area contributed by atoms with Gasteiger partial charge in [-0.25, -0.2) is 0 Å². The summed E-state index contributed by atoms with van der Waals surface area (Å²) < 4.78 is 5.44. The first-order chi connectivity index (χ1) is 9.16. The quantitative estimate of drug-likeness (QED) is 0.916. The lowest BCUT2D eigenvalue weighted by atomic mass is 10.1. The smallest absolute Gasteiger partial charge is 0.248 e. The Kier molecular flexibility index (Phi) is 5.19. The van der Waals surface area contributed by atoms with Crippen LogP contribution in [0.2, 0.25) is 5.02 Å². The molecule has 104 valence electrons. The van der Waals surface area contributed by atoms with E-state index in [2.05, 4.69) is 0 Å². The average Bonchev–Trinajstić information content (AvgIpc) is 2.41. The summed E-state index contributed by atoms with van der Waals surface area (Å²) in [5.74, 6) is 0.0268. The van der Waals surface area contributed by atoms with Gasteiger partial charge in [-0.2, -0.15) is 0 Å². The van der Waals surface area contributed by atoms with Crippen molar-refractivity contribution in [3.05, 3.63) is 34.9 Å². The normalized spacial score (nSPS) is 16.6. The molecule has 0 aromatic heterocycles. The Morgan fingerprint density at radius 1 is 1.37 bits per heavy atom. The van der Waals surface area contributed by atoms with E-state index in [9.17, 15) is 4.79 Å². The Balaban J connectivity index is 1.74. The molecule has 0 aliphatic carbocycles.